The minimum Gasteiger partial charge on any atom is -0.497 e. The van der Waals surface area contributed by atoms with Gasteiger partial charge in [-0.05, 0) is 49.6 Å². The topological polar surface area (TPSA) is 109 Å². The molecule has 0 radical (unpaired) electrons. The van der Waals surface area contributed by atoms with Crippen LogP contribution in [0, 0.1) is 5.92 Å². The number of hydrogen-bond donors (Lipinski definition) is 1. The number of benzene rings is 2. The molecule has 3 aliphatic rings. The van der Waals surface area contributed by atoms with Gasteiger partial charge < -0.3 is 19.4 Å². The number of aromatic amines is 1. The number of ether oxygens (including phenoxy) is 2. The third kappa shape index (κ3) is 4.63. The Balaban J connectivity index is 1.36. The molecule has 2 saturated heterocycles. The fraction of sp³-hybridized carbons (Fsp3) is 0.357. The highest BCUT2D eigenvalue weighted by atomic mass is 32.2. The molecule has 4 heterocycles. The van der Waals surface area contributed by atoms with Crippen LogP contribution in [-0.2, 0) is 14.4 Å². The van der Waals surface area contributed by atoms with Crippen LogP contribution >= 0.6 is 23.1 Å². The second-order valence-corrected chi connectivity index (χ2v) is 11.9. The molecule has 9 nitrogen and oxygen atoms in total. The largest absolute Gasteiger partial charge is 0.497 e. The van der Waals surface area contributed by atoms with E-state index in [1.54, 1.807) is 37.4 Å². The second kappa shape index (κ2) is 10.5. The third-order valence-corrected chi connectivity index (χ3v) is 9.87. The Hall–Kier alpha value is -3.57. The maximum absolute atomic E-state index is 14.0. The number of methoxy groups -OCH3 is 1. The molecule has 2 fully saturated rings. The van der Waals surface area contributed by atoms with E-state index < -0.39 is 17.1 Å². The first-order valence-electron chi connectivity index (χ1n) is 12.9. The van der Waals surface area contributed by atoms with Gasteiger partial charge in [-0.3, -0.25) is 19.2 Å². The number of nitrogens with zero attached hydrogens (tertiary/aromatic N) is 2. The van der Waals surface area contributed by atoms with Crippen molar-refractivity contribution in [2.75, 3.05) is 31.7 Å². The third-order valence-electron chi connectivity index (χ3n) is 7.47. The zero-order chi connectivity index (χ0) is 27.1. The van der Waals surface area contributed by atoms with Gasteiger partial charge in [0.15, 0.2) is 6.61 Å². The number of H-pyrrole nitrogens is 1. The summed E-state index contributed by atoms with van der Waals surface area (Å²) in [5.41, 5.74) is 1.14. The predicted octanol–water partition coefficient (Wildman–Crippen LogP) is 3.63. The van der Waals surface area contributed by atoms with Crippen molar-refractivity contribution >= 4 is 46.5 Å². The summed E-state index contributed by atoms with van der Waals surface area (Å²) < 4.78 is 11.3. The van der Waals surface area contributed by atoms with Crippen molar-refractivity contribution in [3.8, 4) is 11.5 Å². The molecule has 0 aliphatic carbocycles. The maximum atomic E-state index is 14.0. The first-order chi connectivity index (χ1) is 19.0. The van der Waals surface area contributed by atoms with Crippen LogP contribution in [0.2, 0.25) is 0 Å². The monoisotopic (exact) mass is 565 g/mol. The van der Waals surface area contributed by atoms with Crippen LogP contribution in [0.4, 0.5) is 5.69 Å². The number of fused-ring (bicyclic) bond motifs is 2. The Kier molecular flexibility index (Phi) is 6.94. The Bertz CT molecular complexity index is 1480. The summed E-state index contributed by atoms with van der Waals surface area (Å²) in [6.45, 7) is 1.34. The number of aromatic nitrogens is 1. The van der Waals surface area contributed by atoms with Gasteiger partial charge in [-0.1, -0.05) is 41.3 Å². The fourth-order valence-electron chi connectivity index (χ4n) is 5.58. The second-order valence-electron chi connectivity index (χ2n) is 9.73. The Morgan fingerprint density at radius 2 is 1.74 bits per heavy atom. The van der Waals surface area contributed by atoms with Crippen molar-refractivity contribution in [3.05, 3.63) is 68.6 Å². The Labute approximate surface area is 233 Å². The van der Waals surface area contributed by atoms with E-state index in [9.17, 15) is 19.2 Å². The minimum absolute atomic E-state index is 0.0774. The molecule has 202 valence electrons. The van der Waals surface area contributed by atoms with Gasteiger partial charge in [0.2, 0.25) is 11.8 Å². The molecule has 3 aliphatic heterocycles. The molecule has 39 heavy (non-hydrogen) atoms. The number of hydrogen-bond acceptors (Lipinski definition) is 8. The van der Waals surface area contributed by atoms with Gasteiger partial charge in [0.25, 0.3) is 5.91 Å². The van der Waals surface area contributed by atoms with E-state index in [1.165, 1.54) is 16.7 Å². The van der Waals surface area contributed by atoms with Crippen LogP contribution in [0.15, 0.2) is 58.4 Å². The SMILES string of the molecule is COc1ccc(N2C(=O)C3Sc4[nH]c(=O)sc4C(c4ccccc4OCC(=O)N4CCCCC4)C3C2=O)cc1. The molecule has 3 unspecified atom stereocenters. The van der Waals surface area contributed by atoms with E-state index in [2.05, 4.69) is 4.98 Å². The van der Waals surface area contributed by atoms with Crippen molar-refractivity contribution in [2.45, 2.75) is 35.5 Å². The number of likely N-dealkylation sites (tertiary alicyclic amines) is 1. The van der Waals surface area contributed by atoms with Crippen LogP contribution in [0.1, 0.15) is 35.6 Å². The summed E-state index contributed by atoms with van der Waals surface area (Å²) in [4.78, 5) is 59.2. The van der Waals surface area contributed by atoms with Crippen molar-refractivity contribution in [2.24, 2.45) is 5.92 Å². The highest BCUT2D eigenvalue weighted by Crippen LogP contribution is 2.54. The van der Waals surface area contributed by atoms with Crippen LogP contribution < -0.4 is 19.2 Å². The molecule has 11 heteroatoms. The summed E-state index contributed by atoms with van der Waals surface area (Å²) in [6.07, 6.45) is 3.10. The normalized spacial score (nSPS) is 22.4. The zero-order valence-electron chi connectivity index (χ0n) is 21.3. The smallest absolute Gasteiger partial charge is 0.305 e. The molecule has 0 saturated carbocycles. The maximum Gasteiger partial charge on any atom is 0.305 e. The average molecular weight is 566 g/mol. The molecule has 2 aromatic carbocycles. The molecule has 0 bridgehead atoms. The van der Waals surface area contributed by atoms with Crippen LogP contribution in [0.5, 0.6) is 11.5 Å². The molecule has 6 rings (SSSR count). The van der Waals surface area contributed by atoms with Gasteiger partial charge in [-0.25, -0.2) is 4.90 Å². The van der Waals surface area contributed by atoms with E-state index >= 15 is 0 Å². The molecule has 3 amide bonds. The Morgan fingerprint density at radius 1 is 1.00 bits per heavy atom. The fourth-order valence-corrected chi connectivity index (χ4v) is 8.09. The number of thioether (sulfide) groups is 1. The molecular weight excluding hydrogens is 538 g/mol. The molecule has 3 aromatic rings. The van der Waals surface area contributed by atoms with Gasteiger partial charge in [-0.2, -0.15) is 0 Å². The van der Waals surface area contributed by atoms with E-state index in [-0.39, 0.29) is 29.2 Å². The van der Waals surface area contributed by atoms with E-state index in [0.717, 1.165) is 43.7 Å². The highest BCUT2D eigenvalue weighted by Gasteiger charge is 2.56. The van der Waals surface area contributed by atoms with Gasteiger partial charge in [0, 0.05) is 29.4 Å². The van der Waals surface area contributed by atoms with Gasteiger partial charge in [0.05, 0.1) is 23.7 Å². The lowest BCUT2D eigenvalue weighted by molar-refractivity contribution is -0.134. The van der Waals surface area contributed by atoms with Crippen molar-refractivity contribution in [1.82, 2.24) is 9.88 Å². The zero-order valence-corrected chi connectivity index (χ0v) is 22.9. The van der Waals surface area contributed by atoms with Crippen LogP contribution in [-0.4, -0.2) is 59.7 Å². The first-order valence-corrected chi connectivity index (χ1v) is 14.6. The Morgan fingerprint density at radius 3 is 2.49 bits per heavy atom. The van der Waals surface area contributed by atoms with Crippen molar-refractivity contribution in [3.63, 3.8) is 0 Å². The predicted molar refractivity (Wildman–Crippen MR) is 148 cm³/mol. The number of imide groups is 1. The number of para-hydroxylation sites is 1. The standard InChI is InChI=1S/C28H27N3O6S2/c1-36-17-11-9-16(10-12-17)31-26(33)22-21(23-25(29-28(35)39-23)38-24(22)27(31)34)18-7-3-4-8-19(18)37-15-20(32)30-13-5-2-6-14-30/h3-4,7-12,21-22,24H,2,5-6,13-15H2,1H3,(H,29,35). The minimum atomic E-state index is -0.744. The number of thiazole rings is 1. The average Bonchev–Trinajstić information content (AvgIpc) is 3.46. The number of carbonyl (C=O) groups excluding carboxylic acids is 3. The number of anilines is 1. The van der Waals surface area contributed by atoms with Gasteiger partial charge in [-0.15, -0.1) is 0 Å². The van der Waals surface area contributed by atoms with Crippen molar-refractivity contribution < 1.29 is 23.9 Å². The van der Waals surface area contributed by atoms with Gasteiger partial charge in [0.1, 0.15) is 16.7 Å². The first kappa shape index (κ1) is 25.7. The number of nitrogens with one attached hydrogen (secondary N) is 1. The van der Waals surface area contributed by atoms with E-state index in [4.69, 9.17) is 9.47 Å². The van der Waals surface area contributed by atoms with Crippen LogP contribution in [0.3, 0.4) is 0 Å². The lowest BCUT2D eigenvalue weighted by Crippen LogP contribution is -2.38. The molecule has 1 N–H and O–H groups in total. The summed E-state index contributed by atoms with van der Waals surface area (Å²) in [5.74, 6) is -0.991. The van der Waals surface area contributed by atoms with Crippen LogP contribution in [0.25, 0.3) is 0 Å². The number of carbonyl (C=O) groups is 3. The quantitative estimate of drug-likeness (QED) is 0.455. The molecule has 3 atom stereocenters. The highest BCUT2D eigenvalue weighted by molar-refractivity contribution is 8.00. The summed E-state index contributed by atoms with van der Waals surface area (Å²) in [6, 6.07) is 14.1. The number of rotatable bonds is 6. The molecule has 1 aromatic heterocycles. The van der Waals surface area contributed by atoms with E-state index in [0.29, 0.717) is 32.7 Å². The summed E-state index contributed by atoms with van der Waals surface area (Å²) >= 11 is 2.27. The lowest BCUT2D eigenvalue weighted by Gasteiger charge is -2.31. The van der Waals surface area contributed by atoms with Crippen molar-refractivity contribution in [1.29, 1.82) is 0 Å². The summed E-state index contributed by atoms with van der Waals surface area (Å²) in [5, 5.41) is -0.126. The molecular formula is C28H27N3O6S2. The summed E-state index contributed by atoms with van der Waals surface area (Å²) in [7, 11) is 1.55. The van der Waals surface area contributed by atoms with E-state index in [1.807, 2.05) is 23.1 Å². The molecule has 0 spiro atoms. The lowest BCUT2D eigenvalue weighted by atomic mass is 9.82. The number of piperidine rings is 1. The number of amides is 3. The van der Waals surface area contributed by atoms with Gasteiger partial charge >= 0.3 is 4.87 Å².